The van der Waals surface area contributed by atoms with Crippen LogP contribution in [0.25, 0.3) is 0 Å². The molecule has 0 aromatic rings. The summed E-state index contributed by atoms with van der Waals surface area (Å²) in [7, 11) is 0. The number of ether oxygens (including phenoxy) is 2. The Morgan fingerprint density at radius 3 is 2.27 bits per heavy atom. The van der Waals surface area contributed by atoms with Crippen molar-refractivity contribution < 1.29 is 34.1 Å². The Hall–Kier alpha value is -1.63. The van der Waals surface area contributed by atoms with Crippen molar-refractivity contribution in [1.29, 1.82) is 0 Å². The number of aliphatic hydroxyl groups is 1. The van der Waals surface area contributed by atoms with Crippen LogP contribution in [0.2, 0.25) is 0 Å². The molecule has 0 aliphatic heterocycles. The first-order valence-corrected chi connectivity index (χ1v) is 14.7. The zero-order chi connectivity index (χ0) is 27.1. The molecule has 0 bridgehead atoms. The molecule has 0 aromatic carbocycles. The third kappa shape index (κ3) is 4.83. The molecule has 4 saturated carbocycles. The molecule has 7 heteroatoms. The van der Waals surface area contributed by atoms with Crippen molar-refractivity contribution in [3.63, 3.8) is 0 Å². The van der Waals surface area contributed by atoms with Gasteiger partial charge >= 0.3 is 17.9 Å². The van der Waals surface area contributed by atoms with Gasteiger partial charge in [0, 0.05) is 6.42 Å². The summed E-state index contributed by atoms with van der Waals surface area (Å²) >= 11 is 0. The maximum atomic E-state index is 13.5. The number of hydrogen-bond donors (Lipinski definition) is 2. The maximum absolute atomic E-state index is 13.5. The molecule has 4 fully saturated rings. The van der Waals surface area contributed by atoms with Crippen molar-refractivity contribution in [1.82, 2.24) is 0 Å². The summed E-state index contributed by atoms with van der Waals surface area (Å²) in [6, 6.07) is 0. The number of esters is 2. The van der Waals surface area contributed by atoms with Crippen LogP contribution in [0, 0.1) is 58.2 Å². The first-order chi connectivity index (χ1) is 17.5. The Balaban J connectivity index is 1.66. The van der Waals surface area contributed by atoms with E-state index in [1.54, 1.807) is 0 Å². The molecule has 2 N–H and O–H groups in total. The molecule has 0 aromatic heterocycles. The quantitative estimate of drug-likeness (QED) is 0.429. The second-order valence-corrected chi connectivity index (χ2v) is 13.0. The fourth-order valence-electron chi connectivity index (χ4n) is 9.72. The molecule has 4 rings (SSSR count). The summed E-state index contributed by atoms with van der Waals surface area (Å²) in [5.74, 6) is -0.175. The molecule has 0 spiro atoms. The topological polar surface area (TPSA) is 110 Å². The molecule has 11 atom stereocenters. The van der Waals surface area contributed by atoms with Gasteiger partial charge < -0.3 is 19.7 Å². The average molecular weight is 521 g/mol. The van der Waals surface area contributed by atoms with Gasteiger partial charge in [-0.05, 0) is 112 Å². The molecule has 0 saturated heterocycles. The smallest absolute Gasteiger partial charge is 0.309 e. The third-order valence-electron chi connectivity index (χ3n) is 11.6. The maximum Gasteiger partial charge on any atom is 0.309 e. The number of carbonyl (C=O) groups is 3. The van der Waals surface area contributed by atoms with E-state index in [2.05, 4.69) is 20.8 Å². The molecule has 4 aliphatic rings. The van der Waals surface area contributed by atoms with Gasteiger partial charge in [0.05, 0.1) is 31.2 Å². The number of aliphatic hydroxyl groups excluding tert-OH is 1. The van der Waals surface area contributed by atoms with Gasteiger partial charge in [-0.15, -0.1) is 0 Å². The van der Waals surface area contributed by atoms with Crippen LogP contribution < -0.4 is 0 Å². The van der Waals surface area contributed by atoms with E-state index in [1.807, 2.05) is 13.8 Å². The molecular weight excluding hydrogens is 472 g/mol. The summed E-state index contributed by atoms with van der Waals surface area (Å²) < 4.78 is 11.0. The van der Waals surface area contributed by atoms with Crippen LogP contribution in [-0.2, 0) is 23.9 Å². The molecule has 0 heterocycles. The van der Waals surface area contributed by atoms with E-state index < -0.39 is 12.1 Å². The zero-order valence-corrected chi connectivity index (χ0v) is 23.4. The van der Waals surface area contributed by atoms with Crippen molar-refractivity contribution in [3.8, 4) is 0 Å². The van der Waals surface area contributed by atoms with Gasteiger partial charge in [-0.2, -0.15) is 0 Å². The Bertz CT molecular complexity index is 872. The lowest BCUT2D eigenvalue weighted by molar-refractivity contribution is -0.202. The number of hydrogen-bond acceptors (Lipinski definition) is 6. The standard InChI is InChI=1S/C30H48O7/c1-6-36-27(34)18-12-13-29(4)19(14-18)15-20(28(35)37-7-2)26-22-10-9-21(17(3)8-11-25(32)33)30(22,5)24(31)16-23(26)29/h17-24,26,31H,6-16H2,1-5H3,(H,32,33)/t17-,18-,19+,20+,21-,22+,23+,24+,26+,29+,30-/m1/s1. The van der Waals surface area contributed by atoms with Gasteiger partial charge in [0.15, 0.2) is 0 Å². The van der Waals surface area contributed by atoms with Crippen molar-refractivity contribution >= 4 is 17.9 Å². The predicted molar refractivity (Wildman–Crippen MR) is 138 cm³/mol. The Morgan fingerprint density at radius 1 is 0.946 bits per heavy atom. The lowest BCUT2D eigenvalue weighted by atomic mass is 9.41. The SMILES string of the molecule is CCOC(=O)[C@@H]1CC[C@@]2(C)[C@@H](C1)C[C@H](C(=O)OCC)[C@@H]1[C@@H]2C[C@H](O)[C@]2(C)[C@@H]([C@H](C)CCC(=O)O)CC[C@@H]12. The van der Waals surface area contributed by atoms with Crippen molar-refractivity contribution in [2.24, 2.45) is 58.2 Å². The van der Waals surface area contributed by atoms with Gasteiger partial charge in [0.2, 0.25) is 0 Å². The molecule has 7 nitrogen and oxygen atoms in total. The molecule has 0 unspecified atom stereocenters. The fraction of sp³-hybridized carbons (Fsp3) is 0.900. The third-order valence-corrected chi connectivity index (χ3v) is 11.6. The van der Waals surface area contributed by atoms with Crippen molar-refractivity contribution in [3.05, 3.63) is 0 Å². The molecule has 4 aliphatic carbocycles. The first-order valence-electron chi connectivity index (χ1n) is 14.7. The highest BCUT2D eigenvalue weighted by Gasteiger charge is 2.67. The van der Waals surface area contributed by atoms with Crippen molar-refractivity contribution in [2.75, 3.05) is 13.2 Å². The number of rotatable bonds is 8. The molecule has 37 heavy (non-hydrogen) atoms. The lowest BCUT2D eigenvalue weighted by Crippen LogP contribution is -2.62. The van der Waals surface area contributed by atoms with Crippen LogP contribution in [0.1, 0.15) is 92.4 Å². The van der Waals surface area contributed by atoms with E-state index in [1.165, 1.54) is 0 Å². The summed E-state index contributed by atoms with van der Waals surface area (Å²) in [6.07, 6.45) is 6.02. The van der Waals surface area contributed by atoms with E-state index in [-0.39, 0.29) is 76.5 Å². The van der Waals surface area contributed by atoms with Crippen LogP contribution in [0.3, 0.4) is 0 Å². The van der Waals surface area contributed by atoms with Crippen LogP contribution in [0.4, 0.5) is 0 Å². The molecule has 0 amide bonds. The Labute approximate surface area is 222 Å². The van der Waals surface area contributed by atoms with E-state index in [0.717, 1.165) is 38.5 Å². The largest absolute Gasteiger partial charge is 0.481 e. The first kappa shape index (κ1) is 28.4. The van der Waals surface area contributed by atoms with Gasteiger partial charge in [-0.3, -0.25) is 14.4 Å². The Morgan fingerprint density at radius 2 is 1.62 bits per heavy atom. The second kappa shape index (κ2) is 10.9. The monoisotopic (exact) mass is 520 g/mol. The Kier molecular flexibility index (Phi) is 8.33. The fourth-order valence-corrected chi connectivity index (χ4v) is 9.72. The van der Waals surface area contributed by atoms with E-state index >= 15 is 0 Å². The summed E-state index contributed by atoms with van der Waals surface area (Å²) in [5.41, 5.74) is -0.374. The number of aliphatic carboxylic acids is 1. The molecular formula is C30H48O7. The minimum Gasteiger partial charge on any atom is -0.481 e. The average Bonchev–Trinajstić information content (AvgIpc) is 3.21. The minimum atomic E-state index is -0.775. The van der Waals surface area contributed by atoms with Crippen LogP contribution in [-0.4, -0.2) is 47.4 Å². The highest BCUT2D eigenvalue weighted by atomic mass is 16.5. The predicted octanol–water partition coefficient (Wildman–Crippen LogP) is 5.09. The van der Waals surface area contributed by atoms with Crippen molar-refractivity contribution in [2.45, 2.75) is 98.5 Å². The number of carbonyl (C=O) groups excluding carboxylic acids is 2. The highest BCUT2D eigenvalue weighted by Crippen LogP contribution is 2.70. The lowest BCUT2D eigenvalue weighted by Gasteiger charge is -2.64. The van der Waals surface area contributed by atoms with E-state index in [4.69, 9.17) is 9.47 Å². The van der Waals surface area contributed by atoms with Crippen LogP contribution in [0.5, 0.6) is 0 Å². The van der Waals surface area contributed by atoms with E-state index in [0.29, 0.717) is 26.1 Å². The summed E-state index contributed by atoms with van der Waals surface area (Å²) in [4.78, 5) is 37.4. The highest BCUT2D eigenvalue weighted by molar-refractivity contribution is 5.74. The van der Waals surface area contributed by atoms with Gasteiger partial charge in [-0.1, -0.05) is 20.8 Å². The van der Waals surface area contributed by atoms with Crippen LogP contribution in [0.15, 0.2) is 0 Å². The summed E-state index contributed by atoms with van der Waals surface area (Å²) in [6.45, 7) is 11.1. The van der Waals surface area contributed by atoms with Gasteiger partial charge in [-0.25, -0.2) is 0 Å². The molecule has 210 valence electrons. The van der Waals surface area contributed by atoms with E-state index in [9.17, 15) is 24.6 Å². The number of fused-ring (bicyclic) bond motifs is 5. The summed E-state index contributed by atoms with van der Waals surface area (Å²) in [5, 5.41) is 21.1. The van der Waals surface area contributed by atoms with Crippen LogP contribution >= 0.6 is 0 Å². The van der Waals surface area contributed by atoms with Gasteiger partial charge in [0.1, 0.15) is 0 Å². The molecule has 0 radical (unpaired) electrons. The normalized spacial score (nSPS) is 43.6. The number of carboxylic acid groups (broad SMARTS) is 1. The second-order valence-electron chi connectivity index (χ2n) is 13.0. The minimum absolute atomic E-state index is 0.0357. The zero-order valence-electron chi connectivity index (χ0n) is 23.4. The number of carboxylic acids is 1. The van der Waals surface area contributed by atoms with Gasteiger partial charge in [0.25, 0.3) is 0 Å².